The fourth-order valence-corrected chi connectivity index (χ4v) is 3.16. The van der Waals surface area contributed by atoms with Crippen molar-refractivity contribution in [2.45, 2.75) is 58.9 Å². The van der Waals surface area contributed by atoms with Crippen LogP contribution in [-0.4, -0.2) is 12.6 Å². The van der Waals surface area contributed by atoms with E-state index in [9.17, 15) is 4.79 Å². The van der Waals surface area contributed by atoms with Crippen molar-refractivity contribution in [2.24, 2.45) is 11.1 Å². The number of carbonyl (C=O) groups is 1. The van der Waals surface area contributed by atoms with Gasteiger partial charge in [-0.1, -0.05) is 32.0 Å². The van der Waals surface area contributed by atoms with Gasteiger partial charge in [0.1, 0.15) is 0 Å². The molecule has 0 saturated carbocycles. The summed E-state index contributed by atoms with van der Waals surface area (Å²) in [6.45, 7) is 8.56. The van der Waals surface area contributed by atoms with Gasteiger partial charge in [0.25, 0.3) is 0 Å². The van der Waals surface area contributed by atoms with E-state index in [1.54, 1.807) is 0 Å². The lowest BCUT2D eigenvalue weighted by atomic mass is 9.75. The van der Waals surface area contributed by atoms with Crippen LogP contribution in [0, 0.1) is 5.41 Å². The Morgan fingerprint density at radius 3 is 2.71 bits per heavy atom. The maximum atomic E-state index is 12.2. The van der Waals surface area contributed by atoms with Crippen LogP contribution in [0.25, 0.3) is 0 Å². The first-order valence-electron chi connectivity index (χ1n) is 7.96. The van der Waals surface area contributed by atoms with Gasteiger partial charge in [-0.3, -0.25) is 4.79 Å². The standard InChI is InChI=1S/C18H27NO2/c1-5-18(4,17(20)21-6-2)11-12(3)13-7-8-15-14(9-13)10-16(15)19/h7-9,12,16H,5-6,10-11,19H2,1-4H3. The Hall–Kier alpha value is -1.35. The van der Waals surface area contributed by atoms with Crippen molar-refractivity contribution in [2.75, 3.05) is 6.61 Å². The van der Waals surface area contributed by atoms with Crippen LogP contribution in [0.5, 0.6) is 0 Å². The number of ether oxygens (including phenoxy) is 1. The minimum absolute atomic E-state index is 0.0784. The number of benzene rings is 1. The molecule has 0 saturated heterocycles. The van der Waals surface area contributed by atoms with Gasteiger partial charge in [-0.05, 0) is 55.7 Å². The second-order valence-electron chi connectivity index (χ2n) is 6.51. The zero-order valence-corrected chi connectivity index (χ0v) is 13.6. The van der Waals surface area contributed by atoms with Gasteiger partial charge >= 0.3 is 5.97 Å². The maximum absolute atomic E-state index is 12.2. The van der Waals surface area contributed by atoms with Gasteiger partial charge in [-0.2, -0.15) is 0 Å². The van der Waals surface area contributed by atoms with Crippen molar-refractivity contribution >= 4 is 5.97 Å². The zero-order chi connectivity index (χ0) is 15.6. The van der Waals surface area contributed by atoms with Crippen LogP contribution >= 0.6 is 0 Å². The van der Waals surface area contributed by atoms with Crippen molar-refractivity contribution in [3.63, 3.8) is 0 Å². The molecule has 1 aliphatic carbocycles. The molecule has 0 heterocycles. The number of esters is 1. The first-order chi connectivity index (χ1) is 9.91. The average molecular weight is 289 g/mol. The second-order valence-corrected chi connectivity index (χ2v) is 6.51. The van der Waals surface area contributed by atoms with Crippen molar-refractivity contribution < 1.29 is 9.53 Å². The van der Waals surface area contributed by atoms with Crippen molar-refractivity contribution in [1.29, 1.82) is 0 Å². The zero-order valence-electron chi connectivity index (χ0n) is 13.6. The van der Waals surface area contributed by atoms with Crippen LogP contribution in [0.4, 0.5) is 0 Å². The molecule has 0 spiro atoms. The van der Waals surface area contributed by atoms with Gasteiger partial charge in [0, 0.05) is 6.04 Å². The molecule has 2 N–H and O–H groups in total. The number of nitrogens with two attached hydrogens (primary N) is 1. The number of rotatable bonds is 6. The quantitative estimate of drug-likeness (QED) is 0.812. The van der Waals surface area contributed by atoms with E-state index < -0.39 is 5.41 Å². The van der Waals surface area contributed by atoms with E-state index in [0.29, 0.717) is 12.5 Å². The summed E-state index contributed by atoms with van der Waals surface area (Å²) in [7, 11) is 0. The number of hydrogen-bond donors (Lipinski definition) is 1. The van der Waals surface area contributed by atoms with E-state index in [1.807, 2.05) is 13.8 Å². The van der Waals surface area contributed by atoms with Crippen molar-refractivity contribution in [1.82, 2.24) is 0 Å². The number of carbonyl (C=O) groups excluding carboxylic acids is 1. The summed E-state index contributed by atoms with van der Waals surface area (Å²) in [5, 5.41) is 0. The van der Waals surface area contributed by atoms with Crippen LogP contribution in [-0.2, 0) is 16.0 Å². The Balaban J connectivity index is 2.10. The third kappa shape index (κ3) is 3.13. The molecule has 3 nitrogen and oxygen atoms in total. The summed E-state index contributed by atoms with van der Waals surface area (Å²) in [6, 6.07) is 6.77. The van der Waals surface area contributed by atoms with Crippen LogP contribution in [0.3, 0.4) is 0 Å². The lowest BCUT2D eigenvalue weighted by Gasteiger charge is -2.31. The average Bonchev–Trinajstić information content (AvgIpc) is 2.45. The topological polar surface area (TPSA) is 52.3 Å². The molecule has 1 aromatic carbocycles. The molecule has 3 heteroatoms. The van der Waals surface area contributed by atoms with Crippen LogP contribution in [0.1, 0.15) is 69.2 Å². The molecule has 3 unspecified atom stereocenters. The fourth-order valence-electron chi connectivity index (χ4n) is 3.16. The lowest BCUT2D eigenvalue weighted by Crippen LogP contribution is -2.31. The summed E-state index contributed by atoms with van der Waals surface area (Å²) in [5.74, 6) is 0.256. The fraction of sp³-hybridized carbons (Fsp3) is 0.611. The van der Waals surface area contributed by atoms with Crippen molar-refractivity contribution in [3.05, 3.63) is 34.9 Å². The van der Waals surface area contributed by atoms with E-state index in [-0.39, 0.29) is 12.0 Å². The Labute approximate surface area is 127 Å². The summed E-state index contributed by atoms with van der Waals surface area (Å²) >= 11 is 0. The van der Waals surface area contributed by atoms with E-state index in [4.69, 9.17) is 10.5 Å². The van der Waals surface area contributed by atoms with E-state index in [2.05, 4.69) is 32.0 Å². The maximum Gasteiger partial charge on any atom is 0.311 e. The highest BCUT2D eigenvalue weighted by molar-refractivity contribution is 5.76. The van der Waals surface area contributed by atoms with E-state index >= 15 is 0 Å². The third-order valence-corrected chi connectivity index (χ3v) is 4.88. The molecule has 0 bridgehead atoms. The molecule has 0 amide bonds. The molecule has 1 aromatic rings. The molecular formula is C18H27NO2. The smallest absolute Gasteiger partial charge is 0.311 e. The Morgan fingerprint density at radius 1 is 1.48 bits per heavy atom. The monoisotopic (exact) mass is 289 g/mol. The Morgan fingerprint density at radius 2 is 2.19 bits per heavy atom. The molecule has 3 atom stereocenters. The van der Waals surface area contributed by atoms with Crippen LogP contribution in [0.15, 0.2) is 18.2 Å². The summed E-state index contributed by atoms with van der Waals surface area (Å²) in [4.78, 5) is 12.2. The van der Waals surface area contributed by atoms with Gasteiger partial charge in [0.2, 0.25) is 0 Å². The predicted molar refractivity (Wildman–Crippen MR) is 85.1 cm³/mol. The molecular weight excluding hydrogens is 262 g/mol. The SMILES string of the molecule is CCOC(=O)C(C)(CC)CC(C)c1ccc2c(c1)CC2N. The summed E-state index contributed by atoms with van der Waals surface area (Å²) in [5.41, 5.74) is 9.47. The highest BCUT2D eigenvalue weighted by Crippen LogP contribution is 2.38. The minimum atomic E-state index is -0.408. The second kappa shape index (κ2) is 6.18. The lowest BCUT2D eigenvalue weighted by molar-refractivity contribution is -0.155. The molecule has 2 rings (SSSR count). The molecule has 0 radical (unpaired) electrons. The summed E-state index contributed by atoms with van der Waals surface area (Å²) in [6.07, 6.45) is 2.58. The molecule has 116 valence electrons. The number of fused-ring (bicyclic) bond motifs is 1. The highest BCUT2D eigenvalue weighted by Gasteiger charge is 2.35. The Kier molecular flexibility index (Phi) is 4.72. The normalized spacial score (nSPS) is 20.9. The van der Waals surface area contributed by atoms with Gasteiger partial charge in [-0.15, -0.1) is 0 Å². The highest BCUT2D eigenvalue weighted by atomic mass is 16.5. The van der Waals surface area contributed by atoms with Crippen molar-refractivity contribution in [3.8, 4) is 0 Å². The van der Waals surface area contributed by atoms with Crippen LogP contribution in [0.2, 0.25) is 0 Å². The first-order valence-corrected chi connectivity index (χ1v) is 7.96. The van der Waals surface area contributed by atoms with Gasteiger partial charge in [0.05, 0.1) is 12.0 Å². The third-order valence-electron chi connectivity index (χ3n) is 4.88. The van der Waals surface area contributed by atoms with E-state index in [1.165, 1.54) is 16.7 Å². The predicted octanol–water partition coefficient (Wildman–Crippen LogP) is 3.72. The minimum Gasteiger partial charge on any atom is -0.466 e. The summed E-state index contributed by atoms with van der Waals surface area (Å²) < 4.78 is 5.25. The molecule has 0 aromatic heterocycles. The first kappa shape index (κ1) is 16.0. The molecule has 0 fully saturated rings. The molecule has 21 heavy (non-hydrogen) atoms. The Bertz CT molecular complexity index is 526. The van der Waals surface area contributed by atoms with Gasteiger partial charge < -0.3 is 10.5 Å². The van der Waals surface area contributed by atoms with Gasteiger partial charge in [-0.25, -0.2) is 0 Å². The largest absolute Gasteiger partial charge is 0.466 e. The van der Waals surface area contributed by atoms with Crippen LogP contribution < -0.4 is 5.73 Å². The molecule has 0 aliphatic heterocycles. The number of hydrogen-bond acceptors (Lipinski definition) is 3. The van der Waals surface area contributed by atoms with E-state index in [0.717, 1.165) is 19.3 Å². The molecule has 1 aliphatic rings. The van der Waals surface area contributed by atoms with Gasteiger partial charge in [0.15, 0.2) is 0 Å².